The monoisotopic (exact) mass is 263 g/mol. The number of hydrogen-bond acceptors (Lipinski definition) is 5. The molecular weight excluding hydrogens is 242 g/mol. The van der Waals surface area contributed by atoms with Crippen molar-refractivity contribution in [2.45, 2.75) is 32.6 Å². The van der Waals surface area contributed by atoms with Gasteiger partial charge in [0.15, 0.2) is 0 Å². The van der Waals surface area contributed by atoms with Gasteiger partial charge in [-0.1, -0.05) is 13.8 Å². The second kappa shape index (κ2) is 5.99. The second-order valence-electron chi connectivity index (χ2n) is 5.26. The first-order chi connectivity index (χ1) is 9.11. The van der Waals surface area contributed by atoms with E-state index in [2.05, 4.69) is 28.7 Å². The fourth-order valence-electron chi connectivity index (χ4n) is 2.27. The van der Waals surface area contributed by atoms with Crippen LogP contribution in [0.15, 0.2) is 12.4 Å². The Labute approximate surface area is 114 Å². The molecule has 0 radical (unpaired) electrons. The van der Waals surface area contributed by atoms with E-state index >= 15 is 0 Å². The lowest BCUT2D eigenvalue weighted by molar-refractivity contribution is -0.146. The number of rotatable bonds is 3. The van der Waals surface area contributed by atoms with Crippen molar-refractivity contribution in [1.29, 1.82) is 0 Å². The van der Waals surface area contributed by atoms with Gasteiger partial charge in [0.05, 0.1) is 13.0 Å². The van der Waals surface area contributed by atoms with Gasteiger partial charge in [-0.3, -0.25) is 4.79 Å². The van der Waals surface area contributed by atoms with Crippen LogP contribution >= 0.6 is 0 Å². The Hall–Kier alpha value is -1.65. The van der Waals surface area contributed by atoms with Gasteiger partial charge in [-0.05, 0) is 24.3 Å². The molecule has 0 aromatic carbocycles. The fraction of sp³-hybridized carbons (Fsp3) is 0.643. The summed E-state index contributed by atoms with van der Waals surface area (Å²) in [6.45, 7) is 5.86. The molecule has 19 heavy (non-hydrogen) atoms. The molecule has 1 aromatic heterocycles. The fourth-order valence-corrected chi connectivity index (χ4v) is 2.27. The first kappa shape index (κ1) is 13.8. The van der Waals surface area contributed by atoms with Crippen LogP contribution in [0.2, 0.25) is 0 Å². The average Bonchev–Trinajstić information content (AvgIpc) is 2.46. The molecule has 0 saturated carbocycles. The highest BCUT2D eigenvalue weighted by molar-refractivity contribution is 5.72. The molecule has 0 amide bonds. The lowest BCUT2D eigenvalue weighted by atomic mass is 9.97. The van der Waals surface area contributed by atoms with Gasteiger partial charge in [0.25, 0.3) is 0 Å². The highest BCUT2D eigenvalue weighted by Crippen LogP contribution is 2.22. The first-order valence-electron chi connectivity index (χ1n) is 6.76. The predicted octanol–water partition coefficient (Wildman–Crippen LogP) is 1.99. The van der Waals surface area contributed by atoms with E-state index in [0.717, 1.165) is 37.4 Å². The van der Waals surface area contributed by atoms with Gasteiger partial charge in [0.1, 0.15) is 0 Å². The summed E-state index contributed by atoms with van der Waals surface area (Å²) in [5.74, 6) is 1.12. The Morgan fingerprint density at radius 1 is 1.32 bits per heavy atom. The Kier molecular flexibility index (Phi) is 4.35. The highest BCUT2D eigenvalue weighted by Gasteiger charge is 2.26. The Bertz CT molecular complexity index is 423. The molecule has 104 valence electrons. The third-order valence-corrected chi connectivity index (χ3v) is 3.64. The molecule has 2 rings (SSSR count). The van der Waals surface area contributed by atoms with Crippen molar-refractivity contribution in [3.8, 4) is 0 Å². The zero-order chi connectivity index (χ0) is 13.8. The highest BCUT2D eigenvalue weighted by atomic mass is 16.5. The Morgan fingerprint density at radius 2 is 1.89 bits per heavy atom. The van der Waals surface area contributed by atoms with Gasteiger partial charge in [-0.2, -0.15) is 0 Å². The summed E-state index contributed by atoms with van der Waals surface area (Å²) in [7, 11) is 1.45. The molecule has 1 aliphatic rings. The first-order valence-corrected chi connectivity index (χ1v) is 6.76. The topological polar surface area (TPSA) is 55.3 Å². The van der Waals surface area contributed by atoms with Gasteiger partial charge >= 0.3 is 5.97 Å². The molecule has 0 spiro atoms. The number of piperidine rings is 1. The molecule has 0 aliphatic carbocycles. The van der Waals surface area contributed by atoms with Crippen molar-refractivity contribution >= 4 is 11.9 Å². The van der Waals surface area contributed by atoms with Crippen molar-refractivity contribution in [3.63, 3.8) is 0 Å². The molecule has 1 saturated heterocycles. The summed E-state index contributed by atoms with van der Waals surface area (Å²) >= 11 is 0. The van der Waals surface area contributed by atoms with Crippen LogP contribution < -0.4 is 4.90 Å². The van der Waals surface area contributed by atoms with Crippen LogP contribution in [0.4, 0.5) is 5.95 Å². The molecule has 0 N–H and O–H groups in total. The Morgan fingerprint density at radius 3 is 2.37 bits per heavy atom. The van der Waals surface area contributed by atoms with E-state index in [4.69, 9.17) is 4.74 Å². The maximum absolute atomic E-state index is 11.5. The maximum atomic E-state index is 11.5. The standard InChI is InChI=1S/C14H21N3O2/c1-10(2)12-8-15-14(16-9-12)17-6-4-11(5-7-17)13(18)19-3/h8-11H,4-7H2,1-3H3. The summed E-state index contributed by atoms with van der Waals surface area (Å²) in [5.41, 5.74) is 1.15. The molecule has 5 heteroatoms. The number of carbonyl (C=O) groups excluding carboxylic acids is 1. The van der Waals surface area contributed by atoms with E-state index < -0.39 is 0 Å². The van der Waals surface area contributed by atoms with Crippen LogP contribution in [0.1, 0.15) is 38.2 Å². The van der Waals surface area contributed by atoms with Crippen LogP contribution in [0.5, 0.6) is 0 Å². The van der Waals surface area contributed by atoms with Crippen molar-refractivity contribution in [2.75, 3.05) is 25.1 Å². The number of hydrogen-bond donors (Lipinski definition) is 0. The largest absolute Gasteiger partial charge is 0.469 e. The van der Waals surface area contributed by atoms with Crippen LogP contribution in [0.3, 0.4) is 0 Å². The number of esters is 1. The van der Waals surface area contributed by atoms with Gasteiger partial charge in [0, 0.05) is 25.5 Å². The number of carbonyl (C=O) groups is 1. The third kappa shape index (κ3) is 3.22. The van der Waals surface area contributed by atoms with Gasteiger partial charge < -0.3 is 9.64 Å². The van der Waals surface area contributed by atoms with Crippen molar-refractivity contribution in [3.05, 3.63) is 18.0 Å². The van der Waals surface area contributed by atoms with E-state index in [0.29, 0.717) is 5.92 Å². The molecule has 0 atom stereocenters. The van der Waals surface area contributed by atoms with E-state index in [1.54, 1.807) is 0 Å². The third-order valence-electron chi connectivity index (χ3n) is 3.64. The lowest BCUT2D eigenvalue weighted by Crippen LogP contribution is -2.37. The number of anilines is 1. The predicted molar refractivity (Wildman–Crippen MR) is 73.1 cm³/mol. The summed E-state index contributed by atoms with van der Waals surface area (Å²) in [4.78, 5) is 22.4. The molecule has 2 heterocycles. The zero-order valence-corrected chi connectivity index (χ0v) is 11.8. The van der Waals surface area contributed by atoms with E-state index in [9.17, 15) is 4.79 Å². The van der Waals surface area contributed by atoms with Crippen LogP contribution in [-0.4, -0.2) is 36.1 Å². The van der Waals surface area contributed by atoms with Crippen molar-refractivity contribution < 1.29 is 9.53 Å². The van der Waals surface area contributed by atoms with Gasteiger partial charge in [-0.25, -0.2) is 9.97 Å². The van der Waals surface area contributed by atoms with E-state index in [1.165, 1.54) is 7.11 Å². The minimum Gasteiger partial charge on any atom is -0.469 e. The number of ether oxygens (including phenoxy) is 1. The minimum atomic E-state index is -0.101. The van der Waals surface area contributed by atoms with E-state index in [1.807, 2.05) is 12.4 Å². The van der Waals surface area contributed by atoms with Crippen LogP contribution in [-0.2, 0) is 9.53 Å². The van der Waals surface area contributed by atoms with E-state index in [-0.39, 0.29) is 11.9 Å². The van der Waals surface area contributed by atoms with Crippen LogP contribution in [0.25, 0.3) is 0 Å². The number of methoxy groups -OCH3 is 1. The molecule has 1 aromatic rings. The van der Waals surface area contributed by atoms with Gasteiger partial charge in [-0.15, -0.1) is 0 Å². The zero-order valence-electron chi connectivity index (χ0n) is 11.8. The quantitative estimate of drug-likeness (QED) is 0.781. The molecule has 5 nitrogen and oxygen atoms in total. The average molecular weight is 263 g/mol. The SMILES string of the molecule is COC(=O)C1CCN(c2ncc(C(C)C)cn2)CC1. The second-order valence-corrected chi connectivity index (χ2v) is 5.26. The molecule has 0 unspecified atom stereocenters. The summed E-state index contributed by atoms with van der Waals surface area (Å²) in [6, 6.07) is 0. The van der Waals surface area contributed by atoms with Crippen LogP contribution in [0, 0.1) is 5.92 Å². The maximum Gasteiger partial charge on any atom is 0.308 e. The number of nitrogens with zero attached hydrogens (tertiary/aromatic N) is 3. The molecular formula is C14H21N3O2. The Balaban J connectivity index is 1.96. The molecule has 1 fully saturated rings. The van der Waals surface area contributed by atoms with Crippen molar-refractivity contribution in [1.82, 2.24) is 9.97 Å². The molecule has 1 aliphatic heterocycles. The number of aromatic nitrogens is 2. The summed E-state index contributed by atoms with van der Waals surface area (Å²) in [5, 5.41) is 0. The minimum absolute atomic E-state index is 0.0242. The summed E-state index contributed by atoms with van der Waals surface area (Å²) in [6.07, 6.45) is 5.39. The normalized spacial score (nSPS) is 16.7. The lowest BCUT2D eigenvalue weighted by Gasteiger charge is -2.30. The smallest absolute Gasteiger partial charge is 0.308 e. The van der Waals surface area contributed by atoms with Gasteiger partial charge in [0.2, 0.25) is 5.95 Å². The molecule has 0 bridgehead atoms. The van der Waals surface area contributed by atoms with Crippen molar-refractivity contribution in [2.24, 2.45) is 5.92 Å². The summed E-state index contributed by atoms with van der Waals surface area (Å²) < 4.78 is 4.78.